The molecule has 0 aromatic heterocycles. The lowest BCUT2D eigenvalue weighted by atomic mass is 9.81. The van der Waals surface area contributed by atoms with Crippen LogP contribution in [-0.2, 0) is 11.8 Å². The third-order valence-electron chi connectivity index (χ3n) is 7.44. The second-order valence-electron chi connectivity index (χ2n) is 9.42. The highest BCUT2D eigenvalue weighted by Crippen LogP contribution is 2.55. The lowest BCUT2D eigenvalue weighted by Crippen LogP contribution is -2.15. The molecular formula is C30H22. The molecule has 142 valence electrons. The molecule has 7 rings (SSSR count). The third kappa shape index (κ3) is 1.96. The number of hydrogen-bond acceptors (Lipinski definition) is 0. The first-order valence-corrected chi connectivity index (χ1v) is 10.8. The van der Waals surface area contributed by atoms with Crippen molar-refractivity contribution in [3.63, 3.8) is 0 Å². The Labute approximate surface area is 176 Å². The zero-order valence-corrected chi connectivity index (χ0v) is 17.3. The van der Waals surface area contributed by atoms with Gasteiger partial charge in [0, 0.05) is 5.41 Å². The van der Waals surface area contributed by atoms with Crippen LogP contribution < -0.4 is 0 Å². The van der Waals surface area contributed by atoms with Gasteiger partial charge in [0.25, 0.3) is 0 Å². The summed E-state index contributed by atoms with van der Waals surface area (Å²) in [6, 6.07) is 31.9. The first-order valence-electron chi connectivity index (χ1n) is 10.8. The second kappa shape index (κ2) is 5.40. The molecule has 0 radical (unpaired) electrons. The maximum Gasteiger partial charge on any atom is 0.0159 e. The van der Waals surface area contributed by atoms with Crippen LogP contribution in [0.3, 0.4) is 0 Å². The van der Waals surface area contributed by atoms with E-state index in [1.54, 1.807) is 0 Å². The van der Waals surface area contributed by atoms with Gasteiger partial charge < -0.3 is 0 Å². The van der Waals surface area contributed by atoms with Crippen molar-refractivity contribution >= 4 is 21.5 Å². The minimum absolute atomic E-state index is 0.0310. The average molecular weight is 383 g/mol. The summed E-state index contributed by atoms with van der Waals surface area (Å²) in [7, 11) is 0. The van der Waals surface area contributed by atoms with Crippen LogP contribution in [0.2, 0.25) is 0 Å². The fraction of sp³-hybridized carbons (Fsp3) is 0.133. The molecule has 0 heteroatoms. The zero-order valence-electron chi connectivity index (χ0n) is 17.3. The molecule has 2 aliphatic carbocycles. The zero-order chi connectivity index (χ0) is 20.0. The third-order valence-corrected chi connectivity index (χ3v) is 7.44. The van der Waals surface area contributed by atoms with E-state index in [2.05, 4.69) is 98.8 Å². The number of rotatable bonds is 0. The van der Waals surface area contributed by atoms with Crippen molar-refractivity contribution in [2.75, 3.05) is 0 Å². The molecule has 5 aromatic rings. The van der Waals surface area contributed by atoms with Gasteiger partial charge in [-0.1, -0.05) is 80.6 Å². The summed E-state index contributed by atoms with van der Waals surface area (Å²) < 4.78 is 0. The fourth-order valence-corrected chi connectivity index (χ4v) is 5.90. The van der Waals surface area contributed by atoms with Crippen molar-refractivity contribution < 1.29 is 0 Å². The summed E-state index contributed by atoms with van der Waals surface area (Å²) in [5.41, 5.74) is 11.7. The van der Waals surface area contributed by atoms with Gasteiger partial charge in [-0.25, -0.2) is 0 Å². The van der Waals surface area contributed by atoms with Gasteiger partial charge in [0.2, 0.25) is 0 Å². The van der Waals surface area contributed by atoms with Crippen LogP contribution in [0.25, 0.3) is 43.8 Å². The number of benzene rings is 5. The van der Waals surface area contributed by atoms with Crippen molar-refractivity contribution in [1.82, 2.24) is 0 Å². The van der Waals surface area contributed by atoms with E-state index < -0.39 is 0 Å². The first-order chi connectivity index (χ1) is 14.6. The van der Waals surface area contributed by atoms with Gasteiger partial charge in [0.05, 0.1) is 0 Å². The second-order valence-corrected chi connectivity index (χ2v) is 9.42. The van der Waals surface area contributed by atoms with E-state index in [9.17, 15) is 0 Å². The monoisotopic (exact) mass is 382 g/mol. The van der Waals surface area contributed by atoms with E-state index in [4.69, 9.17) is 0 Å². The Kier molecular flexibility index (Phi) is 2.96. The van der Waals surface area contributed by atoms with E-state index in [0.717, 1.165) is 6.42 Å². The Morgan fingerprint density at radius 2 is 1.17 bits per heavy atom. The molecule has 5 aromatic carbocycles. The van der Waals surface area contributed by atoms with Gasteiger partial charge in [-0.2, -0.15) is 0 Å². The van der Waals surface area contributed by atoms with Crippen LogP contribution in [-0.4, -0.2) is 0 Å². The van der Waals surface area contributed by atoms with Crippen LogP contribution in [0, 0.1) is 0 Å². The SMILES string of the molecule is CC1(C)c2cc3ccccc3cc2-c2c1ccc1c2Cc2cc3ccccc3cc2-1. The Balaban J connectivity index is 1.54. The van der Waals surface area contributed by atoms with Gasteiger partial charge in [0.1, 0.15) is 0 Å². The topological polar surface area (TPSA) is 0 Å². The van der Waals surface area contributed by atoms with Crippen molar-refractivity contribution in [1.29, 1.82) is 0 Å². The lowest BCUT2D eigenvalue weighted by molar-refractivity contribution is 0.661. The van der Waals surface area contributed by atoms with E-state index in [1.807, 2.05) is 0 Å². The molecule has 0 bridgehead atoms. The van der Waals surface area contributed by atoms with E-state index in [0.29, 0.717) is 0 Å². The molecular weight excluding hydrogens is 360 g/mol. The molecule has 0 nitrogen and oxygen atoms in total. The highest BCUT2D eigenvalue weighted by Gasteiger charge is 2.39. The van der Waals surface area contributed by atoms with Gasteiger partial charge in [-0.15, -0.1) is 0 Å². The maximum atomic E-state index is 2.43. The minimum atomic E-state index is 0.0310. The Hall–Kier alpha value is -3.38. The Morgan fingerprint density at radius 1 is 0.567 bits per heavy atom. The van der Waals surface area contributed by atoms with E-state index in [-0.39, 0.29) is 5.41 Å². The maximum absolute atomic E-state index is 2.43. The van der Waals surface area contributed by atoms with Gasteiger partial charge >= 0.3 is 0 Å². The average Bonchev–Trinajstić information content (AvgIpc) is 3.23. The number of hydrogen-bond donors (Lipinski definition) is 0. The van der Waals surface area contributed by atoms with Crippen LogP contribution in [0.5, 0.6) is 0 Å². The molecule has 0 heterocycles. The van der Waals surface area contributed by atoms with Crippen molar-refractivity contribution in [2.45, 2.75) is 25.7 Å². The smallest absolute Gasteiger partial charge is 0.0159 e. The van der Waals surface area contributed by atoms with E-state index >= 15 is 0 Å². The molecule has 0 saturated carbocycles. The quantitative estimate of drug-likeness (QED) is 0.251. The van der Waals surface area contributed by atoms with Gasteiger partial charge in [-0.3, -0.25) is 0 Å². The normalized spacial score (nSPS) is 15.1. The highest BCUT2D eigenvalue weighted by atomic mass is 14.4. The van der Waals surface area contributed by atoms with Crippen molar-refractivity contribution in [2.24, 2.45) is 0 Å². The molecule has 0 atom stereocenters. The lowest BCUT2D eigenvalue weighted by Gasteiger charge is -2.22. The Bertz CT molecular complexity index is 1530. The largest absolute Gasteiger partial charge is 0.0616 e. The van der Waals surface area contributed by atoms with Crippen LogP contribution >= 0.6 is 0 Å². The van der Waals surface area contributed by atoms with Crippen LogP contribution in [0.4, 0.5) is 0 Å². The number of fused-ring (bicyclic) bond motifs is 9. The van der Waals surface area contributed by atoms with E-state index in [1.165, 1.54) is 66.1 Å². The van der Waals surface area contributed by atoms with Gasteiger partial charge in [-0.05, 0) is 90.7 Å². The summed E-state index contributed by atoms with van der Waals surface area (Å²) in [5, 5.41) is 5.34. The Morgan fingerprint density at radius 3 is 1.87 bits per heavy atom. The predicted molar refractivity (Wildman–Crippen MR) is 127 cm³/mol. The highest BCUT2D eigenvalue weighted by molar-refractivity contribution is 5.99. The molecule has 0 N–H and O–H groups in total. The molecule has 2 aliphatic rings. The molecule has 0 fully saturated rings. The molecule has 0 unspecified atom stereocenters. The first kappa shape index (κ1) is 16.4. The van der Waals surface area contributed by atoms with Gasteiger partial charge in [0.15, 0.2) is 0 Å². The molecule has 0 aliphatic heterocycles. The van der Waals surface area contributed by atoms with Crippen molar-refractivity contribution in [3.8, 4) is 22.3 Å². The summed E-state index contributed by atoms with van der Waals surface area (Å²) in [5.74, 6) is 0. The summed E-state index contributed by atoms with van der Waals surface area (Å²) in [4.78, 5) is 0. The van der Waals surface area contributed by atoms with Crippen LogP contribution in [0.15, 0.2) is 84.9 Å². The molecule has 0 saturated heterocycles. The minimum Gasteiger partial charge on any atom is -0.0616 e. The molecule has 30 heavy (non-hydrogen) atoms. The summed E-state index contributed by atoms with van der Waals surface area (Å²) >= 11 is 0. The predicted octanol–water partition coefficient (Wildman–Crippen LogP) is 7.87. The molecule has 0 amide bonds. The fourth-order valence-electron chi connectivity index (χ4n) is 5.90. The summed E-state index contributed by atoms with van der Waals surface area (Å²) in [6.45, 7) is 4.77. The molecule has 0 spiro atoms. The van der Waals surface area contributed by atoms with Crippen LogP contribution in [0.1, 0.15) is 36.1 Å². The van der Waals surface area contributed by atoms with Crippen molar-refractivity contribution in [3.05, 3.63) is 107 Å². The summed E-state index contributed by atoms with van der Waals surface area (Å²) in [6.07, 6.45) is 1.03. The standard InChI is InChI=1S/C30H22/c1-30(2)27-12-11-23-24-14-19-8-4-3-7-18(19)13-22(24)16-25(23)29(27)26-15-20-9-5-6-10-21(20)17-28(26)30/h3-15,17H,16H2,1-2H3.